The Kier molecular flexibility index (Phi) is 3.84. The Balaban J connectivity index is 2.10. The molecule has 1 fully saturated rings. The number of nitro groups is 1. The lowest BCUT2D eigenvalue weighted by Crippen LogP contribution is -2.27. The third kappa shape index (κ3) is 3.11. The van der Waals surface area contributed by atoms with E-state index in [1.807, 2.05) is 0 Å². The van der Waals surface area contributed by atoms with Crippen molar-refractivity contribution in [1.82, 2.24) is 0 Å². The van der Waals surface area contributed by atoms with E-state index in [1.54, 1.807) is 12.1 Å². The Labute approximate surface area is 113 Å². The van der Waals surface area contributed by atoms with Crippen molar-refractivity contribution in [3.05, 3.63) is 39.9 Å². The smallest absolute Gasteiger partial charge is 0.258 e. The zero-order valence-electron chi connectivity index (χ0n) is 11.1. The van der Waals surface area contributed by atoms with Gasteiger partial charge in [0.1, 0.15) is 0 Å². The zero-order valence-corrected chi connectivity index (χ0v) is 11.1. The van der Waals surface area contributed by atoms with Gasteiger partial charge in [0.15, 0.2) is 0 Å². The highest BCUT2D eigenvalue weighted by Gasteiger charge is 2.34. The van der Waals surface area contributed by atoms with E-state index in [9.17, 15) is 15.4 Å². The van der Waals surface area contributed by atoms with Crippen molar-refractivity contribution in [1.29, 1.82) is 5.26 Å². The maximum atomic E-state index is 10.6. The summed E-state index contributed by atoms with van der Waals surface area (Å²) in [5.41, 5.74) is 0.844. The first-order chi connectivity index (χ1) is 9.04. The summed E-state index contributed by atoms with van der Waals surface area (Å²) in [4.78, 5) is 10.2. The molecular formula is C15H18N2O2. The van der Waals surface area contributed by atoms with Gasteiger partial charge >= 0.3 is 0 Å². The van der Waals surface area contributed by atoms with Gasteiger partial charge in [-0.05, 0) is 43.6 Å². The molecule has 1 aromatic rings. The molecule has 0 bridgehead atoms. The number of nitrogens with zero attached hydrogens (tertiary/aromatic N) is 2. The van der Waals surface area contributed by atoms with Crippen LogP contribution in [0.2, 0.25) is 0 Å². The van der Waals surface area contributed by atoms with E-state index in [-0.39, 0.29) is 11.1 Å². The van der Waals surface area contributed by atoms with Crippen LogP contribution in [0.3, 0.4) is 0 Å². The van der Waals surface area contributed by atoms with E-state index < -0.39 is 4.92 Å². The third-order valence-electron chi connectivity index (χ3n) is 4.16. The lowest BCUT2D eigenvalue weighted by atomic mass is 9.69. The van der Waals surface area contributed by atoms with Gasteiger partial charge in [0, 0.05) is 12.1 Å². The SMILES string of the molecule is CC1CCC(C#N)(Cc2ccc([N+](=O)[O-])cc2)CC1. The largest absolute Gasteiger partial charge is 0.269 e. The molecule has 2 rings (SSSR count). The van der Waals surface area contributed by atoms with Gasteiger partial charge in [-0.3, -0.25) is 10.1 Å². The van der Waals surface area contributed by atoms with Gasteiger partial charge in [0.05, 0.1) is 16.4 Å². The van der Waals surface area contributed by atoms with Crippen LogP contribution in [0.15, 0.2) is 24.3 Å². The molecular weight excluding hydrogens is 240 g/mol. The van der Waals surface area contributed by atoms with Gasteiger partial charge in [-0.1, -0.05) is 19.1 Å². The van der Waals surface area contributed by atoms with Crippen molar-refractivity contribution in [2.75, 3.05) is 0 Å². The van der Waals surface area contributed by atoms with Crippen LogP contribution >= 0.6 is 0 Å². The molecule has 0 unspecified atom stereocenters. The fraction of sp³-hybridized carbons (Fsp3) is 0.533. The average Bonchev–Trinajstić information content (AvgIpc) is 2.42. The van der Waals surface area contributed by atoms with E-state index in [2.05, 4.69) is 13.0 Å². The Morgan fingerprint density at radius 3 is 2.42 bits per heavy atom. The molecule has 0 amide bonds. The van der Waals surface area contributed by atoms with Crippen molar-refractivity contribution < 1.29 is 4.92 Å². The molecule has 0 heterocycles. The fourth-order valence-electron chi connectivity index (χ4n) is 2.77. The van der Waals surface area contributed by atoms with Crippen LogP contribution in [-0.2, 0) is 6.42 Å². The molecule has 1 aliphatic carbocycles. The average molecular weight is 258 g/mol. The number of non-ortho nitro benzene ring substituents is 1. The van der Waals surface area contributed by atoms with Gasteiger partial charge in [-0.25, -0.2) is 0 Å². The predicted octanol–water partition coefficient (Wildman–Crippen LogP) is 3.86. The molecule has 4 heteroatoms. The summed E-state index contributed by atoms with van der Waals surface area (Å²) in [6.45, 7) is 2.23. The summed E-state index contributed by atoms with van der Waals surface area (Å²) in [5, 5.41) is 20.1. The second-order valence-electron chi connectivity index (χ2n) is 5.67. The van der Waals surface area contributed by atoms with Crippen LogP contribution in [0.4, 0.5) is 5.69 Å². The third-order valence-corrected chi connectivity index (χ3v) is 4.16. The highest BCUT2D eigenvalue weighted by molar-refractivity contribution is 5.33. The van der Waals surface area contributed by atoms with E-state index in [0.717, 1.165) is 31.2 Å². The van der Waals surface area contributed by atoms with Gasteiger partial charge in [-0.15, -0.1) is 0 Å². The van der Waals surface area contributed by atoms with Crippen molar-refractivity contribution in [3.8, 4) is 6.07 Å². The van der Waals surface area contributed by atoms with Crippen LogP contribution < -0.4 is 0 Å². The van der Waals surface area contributed by atoms with Crippen LogP contribution in [0, 0.1) is 32.8 Å². The highest BCUT2D eigenvalue weighted by Crippen LogP contribution is 2.41. The first kappa shape index (κ1) is 13.5. The number of nitriles is 1. The highest BCUT2D eigenvalue weighted by atomic mass is 16.6. The monoisotopic (exact) mass is 258 g/mol. The normalized spacial score (nSPS) is 26.6. The zero-order chi connectivity index (χ0) is 13.9. The van der Waals surface area contributed by atoms with Crippen LogP contribution in [0.5, 0.6) is 0 Å². The minimum Gasteiger partial charge on any atom is -0.258 e. The molecule has 19 heavy (non-hydrogen) atoms. The van der Waals surface area contributed by atoms with Crippen LogP contribution in [0.1, 0.15) is 38.2 Å². The van der Waals surface area contributed by atoms with Crippen molar-refractivity contribution in [2.45, 2.75) is 39.0 Å². The minimum absolute atomic E-state index is 0.104. The lowest BCUT2D eigenvalue weighted by molar-refractivity contribution is -0.384. The first-order valence-corrected chi connectivity index (χ1v) is 6.69. The second-order valence-corrected chi connectivity index (χ2v) is 5.67. The van der Waals surface area contributed by atoms with E-state index in [1.165, 1.54) is 12.1 Å². The molecule has 0 radical (unpaired) electrons. The van der Waals surface area contributed by atoms with Crippen molar-refractivity contribution >= 4 is 5.69 Å². The maximum Gasteiger partial charge on any atom is 0.269 e. The number of rotatable bonds is 3. The number of nitro benzene ring substituents is 1. The Morgan fingerprint density at radius 1 is 1.37 bits per heavy atom. The lowest BCUT2D eigenvalue weighted by Gasteiger charge is -2.33. The molecule has 1 saturated carbocycles. The van der Waals surface area contributed by atoms with Gasteiger partial charge in [-0.2, -0.15) is 5.26 Å². The summed E-state index contributed by atoms with van der Waals surface area (Å²) in [6.07, 6.45) is 4.76. The molecule has 0 N–H and O–H groups in total. The van der Waals surface area contributed by atoms with E-state index in [0.29, 0.717) is 12.3 Å². The topological polar surface area (TPSA) is 66.9 Å². The molecule has 0 aromatic heterocycles. The minimum atomic E-state index is -0.397. The van der Waals surface area contributed by atoms with Crippen molar-refractivity contribution in [2.24, 2.45) is 11.3 Å². The number of hydrogen-bond acceptors (Lipinski definition) is 3. The summed E-state index contributed by atoms with van der Waals surface area (Å²) in [5.74, 6) is 0.707. The molecule has 0 spiro atoms. The summed E-state index contributed by atoms with van der Waals surface area (Å²) >= 11 is 0. The van der Waals surface area contributed by atoms with E-state index >= 15 is 0 Å². The quantitative estimate of drug-likeness (QED) is 0.610. The molecule has 1 aliphatic rings. The molecule has 1 aromatic carbocycles. The first-order valence-electron chi connectivity index (χ1n) is 6.69. The van der Waals surface area contributed by atoms with Gasteiger partial charge < -0.3 is 0 Å². The fourth-order valence-corrected chi connectivity index (χ4v) is 2.77. The van der Waals surface area contributed by atoms with Gasteiger partial charge in [0.25, 0.3) is 5.69 Å². The van der Waals surface area contributed by atoms with Crippen LogP contribution in [-0.4, -0.2) is 4.92 Å². The molecule has 100 valence electrons. The summed E-state index contributed by atoms with van der Waals surface area (Å²) in [6, 6.07) is 9.08. The predicted molar refractivity (Wildman–Crippen MR) is 72.5 cm³/mol. The standard InChI is InChI=1S/C15H18N2O2/c1-12-6-8-15(11-16,9-7-12)10-13-2-4-14(5-3-13)17(18)19/h2-5,12H,6-10H2,1H3. The molecule has 0 saturated heterocycles. The Hall–Kier alpha value is -1.89. The number of hydrogen-bond donors (Lipinski definition) is 0. The maximum absolute atomic E-state index is 10.6. The van der Waals surface area contributed by atoms with Crippen molar-refractivity contribution in [3.63, 3.8) is 0 Å². The summed E-state index contributed by atoms with van der Waals surface area (Å²) < 4.78 is 0. The second kappa shape index (κ2) is 5.40. The van der Waals surface area contributed by atoms with Crippen LogP contribution in [0.25, 0.3) is 0 Å². The Morgan fingerprint density at radius 2 is 1.95 bits per heavy atom. The van der Waals surface area contributed by atoms with E-state index in [4.69, 9.17) is 0 Å². The van der Waals surface area contributed by atoms with Gasteiger partial charge in [0.2, 0.25) is 0 Å². The Bertz CT molecular complexity index is 494. The molecule has 0 atom stereocenters. The molecule has 0 aliphatic heterocycles. The summed E-state index contributed by atoms with van der Waals surface area (Å²) in [7, 11) is 0. The molecule has 4 nitrogen and oxygen atoms in total. The number of benzene rings is 1.